The first kappa shape index (κ1) is 15.8. The number of carbonyl (C=O) groups excluding carboxylic acids is 2. The molecule has 5 nitrogen and oxygen atoms in total. The molecule has 0 unspecified atom stereocenters. The number of nitrogens with one attached hydrogen (secondary N) is 1. The Kier molecular flexibility index (Phi) is 6.08. The van der Waals surface area contributed by atoms with Gasteiger partial charge in [0, 0.05) is 12.7 Å². The molecule has 0 aromatic heterocycles. The van der Waals surface area contributed by atoms with E-state index in [0.29, 0.717) is 5.56 Å². The van der Waals surface area contributed by atoms with Gasteiger partial charge in [-0.05, 0) is 19.1 Å². The molecule has 1 rings (SSSR count). The molecule has 0 aliphatic rings. The number of carbonyl (C=O) groups is 2. The zero-order valence-electron chi connectivity index (χ0n) is 10.5. The van der Waals surface area contributed by atoms with E-state index in [0.717, 1.165) is 0 Å². The number of anilines is 1. The van der Waals surface area contributed by atoms with Crippen molar-refractivity contribution >= 4 is 40.8 Å². The molecular formula is C12H13Cl2NO4. The number of methoxy groups -OCH3 is 1. The standard InChI is InChI=1S/C12H13Cl2NO4/c1-7(16)8-5-9(13)11(10(14)6-8)15-12(17)19-4-3-18-2/h5-6H,3-4H2,1-2H3,(H,15,17). The zero-order valence-corrected chi connectivity index (χ0v) is 12.0. The molecule has 0 spiro atoms. The molecule has 0 heterocycles. The van der Waals surface area contributed by atoms with Gasteiger partial charge in [-0.1, -0.05) is 23.2 Å². The van der Waals surface area contributed by atoms with Crippen LogP contribution in [0.3, 0.4) is 0 Å². The molecule has 104 valence electrons. The summed E-state index contributed by atoms with van der Waals surface area (Å²) < 4.78 is 9.55. The molecule has 1 aromatic rings. The summed E-state index contributed by atoms with van der Waals surface area (Å²) in [6, 6.07) is 2.86. The first-order chi connectivity index (χ1) is 8.95. The monoisotopic (exact) mass is 305 g/mol. The molecule has 0 radical (unpaired) electrons. The fourth-order valence-electron chi connectivity index (χ4n) is 1.25. The van der Waals surface area contributed by atoms with Crippen molar-refractivity contribution in [1.82, 2.24) is 0 Å². The van der Waals surface area contributed by atoms with Crippen LogP contribution in [0, 0.1) is 0 Å². The van der Waals surface area contributed by atoms with E-state index in [1.54, 1.807) is 0 Å². The van der Waals surface area contributed by atoms with Crippen LogP contribution in [0.1, 0.15) is 17.3 Å². The predicted molar refractivity (Wildman–Crippen MR) is 73.3 cm³/mol. The molecule has 0 aliphatic carbocycles. The summed E-state index contributed by atoms with van der Waals surface area (Å²) in [6.45, 7) is 1.80. The fraction of sp³-hybridized carbons (Fsp3) is 0.333. The lowest BCUT2D eigenvalue weighted by atomic mass is 10.1. The van der Waals surface area contributed by atoms with E-state index >= 15 is 0 Å². The van der Waals surface area contributed by atoms with Crippen LogP contribution in [-0.2, 0) is 9.47 Å². The second-order valence-corrected chi connectivity index (χ2v) is 4.44. The van der Waals surface area contributed by atoms with Crippen LogP contribution in [0.5, 0.6) is 0 Å². The Morgan fingerprint density at radius 3 is 2.26 bits per heavy atom. The third kappa shape index (κ3) is 4.70. The Morgan fingerprint density at radius 2 is 1.79 bits per heavy atom. The third-order valence-electron chi connectivity index (χ3n) is 2.20. The highest BCUT2D eigenvalue weighted by molar-refractivity contribution is 6.40. The summed E-state index contributed by atoms with van der Waals surface area (Å²) in [5.74, 6) is -0.168. The molecule has 1 aromatic carbocycles. The first-order valence-corrected chi connectivity index (χ1v) is 6.14. The smallest absolute Gasteiger partial charge is 0.411 e. The Balaban J connectivity index is 2.79. The predicted octanol–water partition coefficient (Wildman–Crippen LogP) is 3.39. The Morgan fingerprint density at radius 1 is 1.21 bits per heavy atom. The van der Waals surface area contributed by atoms with E-state index in [2.05, 4.69) is 5.32 Å². The van der Waals surface area contributed by atoms with Crippen molar-refractivity contribution in [1.29, 1.82) is 0 Å². The van der Waals surface area contributed by atoms with Gasteiger partial charge in [-0.15, -0.1) is 0 Å². The van der Waals surface area contributed by atoms with Crippen LogP contribution in [0.25, 0.3) is 0 Å². The number of ketones is 1. The molecule has 1 amide bonds. The average Bonchev–Trinajstić information content (AvgIpc) is 2.33. The number of hydrogen-bond acceptors (Lipinski definition) is 4. The summed E-state index contributed by atoms with van der Waals surface area (Å²) in [7, 11) is 1.50. The van der Waals surface area contributed by atoms with Crippen molar-refractivity contribution in [2.75, 3.05) is 25.6 Å². The number of amides is 1. The van der Waals surface area contributed by atoms with Crippen LogP contribution in [-0.4, -0.2) is 32.2 Å². The van der Waals surface area contributed by atoms with Gasteiger partial charge in [-0.3, -0.25) is 10.1 Å². The second kappa shape index (κ2) is 7.33. The van der Waals surface area contributed by atoms with Crippen LogP contribution < -0.4 is 5.32 Å². The van der Waals surface area contributed by atoms with Gasteiger partial charge in [0.2, 0.25) is 0 Å². The maximum absolute atomic E-state index is 11.4. The second-order valence-electron chi connectivity index (χ2n) is 3.62. The zero-order chi connectivity index (χ0) is 14.4. The van der Waals surface area contributed by atoms with Crippen molar-refractivity contribution in [3.8, 4) is 0 Å². The highest BCUT2D eigenvalue weighted by Gasteiger charge is 2.13. The molecule has 0 atom stereocenters. The number of benzene rings is 1. The first-order valence-electron chi connectivity index (χ1n) is 5.38. The minimum Gasteiger partial charge on any atom is -0.447 e. The molecular weight excluding hydrogens is 293 g/mol. The lowest BCUT2D eigenvalue weighted by molar-refractivity contribution is 0.101. The van der Waals surface area contributed by atoms with Crippen LogP contribution >= 0.6 is 23.2 Å². The number of hydrogen-bond donors (Lipinski definition) is 1. The maximum atomic E-state index is 11.4. The molecule has 19 heavy (non-hydrogen) atoms. The van der Waals surface area contributed by atoms with Gasteiger partial charge in [-0.25, -0.2) is 4.79 Å². The molecule has 0 saturated carbocycles. The summed E-state index contributed by atoms with van der Waals surface area (Å²) in [4.78, 5) is 22.7. The quantitative estimate of drug-likeness (QED) is 0.669. The molecule has 7 heteroatoms. The SMILES string of the molecule is COCCOC(=O)Nc1c(Cl)cc(C(C)=O)cc1Cl. The van der Waals surface area contributed by atoms with E-state index in [4.69, 9.17) is 32.7 Å². The van der Waals surface area contributed by atoms with E-state index in [9.17, 15) is 9.59 Å². The lowest BCUT2D eigenvalue weighted by Gasteiger charge is -2.11. The molecule has 0 saturated heterocycles. The minimum atomic E-state index is -0.698. The lowest BCUT2D eigenvalue weighted by Crippen LogP contribution is -2.17. The number of halogens is 2. The van der Waals surface area contributed by atoms with Gasteiger partial charge in [0.1, 0.15) is 6.61 Å². The summed E-state index contributed by atoms with van der Waals surface area (Å²) in [5.41, 5.74) is 0.573. The largest absolute Gasteiger partial charge is 0.447 e. The maximum Gasteiger partial charge on any atom is 0.411 e. The van der Waals surface area contributed by atoms with E-state index in [-0.39, 0.29) is 34.7 Å². The van der Waals surface area contributed by atoms with Crippen molar-refractivity contribution in [2.24, 2.45) is 0 Å². The third-order valence-corrected chi connectivity index (χ3v) is 2.79. The molecule has 0 aliphatic heterocycles. The molecule has 1 N–H and O–H groups in total. The number of Topliss-reactive ketones (excluding diaryl/α,β-unsaturated/α-hetero) is 1. The van der Waals surface area contributed by atoms with E-state index < -0.39 is 6.09 Å². The summed E-state index contributed by atoms with van der Waals surface area (Å²) >= 11 is 11.9. The highest BCUT2D eigenvalue weighted by Crippen LogP contribution is 2.32. The Hall–Kier alpha value is -1.30. The van der Waals surface area contributed by atoms with Crippen molar-refractivity contribution in [2.45, 2.75) is 6.92 Å². The molecule has 0 fully saturated rings. The van der Waals surface area contributed by atoms with Gasteiger partial charge in [0.15, 0.2) is 5.78 Å². The van der Waals surface area contributed by atoms with Gasteiger partial charge >= 0.3 is 6.09 Å². The fourth-order valence-corrected chi connectivity index (χ4v) is 1.83. The summed E-state index contributed by atoms with van der Waals surface area (Å²) in [6.07, 6.45) is -0.698. The highest BCUT2D eigenvalue weighted by atomic mass is 35.5. The number of ether oxygens (including phenoxy) is 2. The van der Waals surface area contributed by atoms with Crippen molar-refractivity contribution in [3.05, 3.63) is 27.7 Å². The minimum absolute atomic E-state index is 0.114. The summed E-state index contributed by atoms with van der Waals surface area (Å²) in [5, 5.41) is 2.75. The van der Waals surface area contributed by atoms with Gasteiger partial charge in [0.05, 0.1) is 22.3 Å². The van der Waals surface area contributed by atoms with Gasteiger partial charge in [-0.2, -0.15) is 0 Å². The van der Waals surface area contributed by atoms with Crippen LogP contribution in [0.4, 0.5) is 10.5 Å². The topological polar surface area (TPSA) is 64.6 Å². The van der Waals surface area contributed by atoms with Crippen molar-refractivity contribution in [3.63, 3.8) is 0 Å². The van der Waals surface area contributed by atoms with Crippen LogP contribution in [0.15, 0.2) is 12.1 Å². The van der Waals surface area contributed by atoms with E-state index in [1.807, 2.05) is 0 Å². The van der Waals surface area contributed by atoms with Crippen LogP contribution in [0.2, 0.25) is 10.0 Å². The molecule has 0 bridgehead atoms. The average molecular weight is 306 g/mol. The van der Waals surface area contributed by atoms with Gasteiger partial charge in [0.25, 0.3) is 0 Å². The number of rotatable bonds is 5. The van der Waals surface area contributed by atoms with Gasteiger partial charge < -0.3 is 9.47 Å². The van der Waals surface area contributed by atoms with Crippen molar-refractivity contribution < 1.29 is 19.1 Å². The van der Waals surface area contributed by atoms with E-state index in [1.165, 1.54) is 26.2 Å². The Labute approximate surface area is 120 Å². The Bertz CT molecular complexity index is 468. The normalized spacial score (nSPS) is 10.1.